The number of ether oxygens (including phenoxy) is 1. The standard InChI is InChI=1S/C18H27NO2/c1-4-21-17(20)18(19-15-10-6-5-7-11-15)13-9-8-12-16(18)14(2)3/h5-7,10-11,14,16,19H,4,8-9,12-13H2,1-3H3. The van der Waals surface area contributed by atoms with Gasteiger partial charge < -0.3 is 10.1 Å². The molecule has 0 bridgehead atoms. The van der Waals surface area contributed by atoms with E-state index in [2.05, 4.69) is 19.2 Å². The number of benzene rings is 1. The molecule has 0 aromatic heterocycles. The van der Waals surface area contributed by atoms with Gasteiger partial charge in [0.1, 0.15) is 5.54 Å². The molecule has 116 valence electrons. The van der Waals surface area contributed by atoms with Gasteiger partial charge in [0.25, 0.3) is 0 Å². The van der Waals surface area contributed by atoms with Crippen molar-refractivity contribution < 1.29 is 9.53 Å². The average Bonchev–Trinajstić information content (AvgIpc) is 2.48. The Morgan fingerprint density at radius 1 is 1.33 bits per heavy atom. The fourth-order valence-electron chi connectivity index (χ4n) is 3.60. The summed E-state index contributed by atoms with van der Waals surface area (Å²) in [5, 5.41) is 3.54. The molecule has 1 fully saturated rings. The number of rotatable bonds is 5. The normalized spacial score (nSPS) is 25.6. The van der Waals surface area contributed by atoms with E-state index < -0.39 is 5.54 Å². The van der Waals surface area contributed by atoms with Gasteiger partial charge in [0.15, 0.2) is 0 Å². The minimum Gasteiger partial charge on any atom is -0.464 e. The molecule has 0 spiro atoms. The summed E-state index contributed by atoms with van der Waals surface area (Å²) in [4.78, 5) is 12.8. The third kappa shape index (κ3) is 3.39. The van der Waals surface area contributed by atoms with Crippen LogP contribution in [0.4, 0.5) is 5.69 Å². The molecule has 1 aromatic rings. The Hall–Kier alpha value is -1.51. The second-order valence-corrected chi connectivity index (χ2v) is 6.28. The molecular weight excluding hydrogens is 262 g/mol. The predicted octanol–water partition coefficient (Wildman–Crippen LogP) is 4.25. The molecule has 1 aliphatic rings. The number of nitrogens with one attached hydrogen (secondary N) is 1. The SMILES string of the molecule is CCOC(=O)C1(Nc2ccccc2)CCCCC1C(C)C. The van der Waals surface area contributed by atoms with Crippen LogP contribution in [0.15, 0.2) is 30.3 Å². The van der Waals surface area contributed by atoms with Crippen molar-refractivity contribution in [2.45, 2.75) is 52.0 Å². The minimum absolute atomic E-state index is 0.0905. The van der Waals surface area contributed by atoms with Crippen molar-refractivity contribution in [3.8, 4) is 0 Å². The van der Waals surface area contributed by atoms with E-state index in [1.54, 1.807) is 0 Å². The quantitative estimate of drug-likeness (QED) is 0.824. The lowest BCUT2D eigenvalue weighted by molar-refractivity contribution is -0.153. The molecule has 0 saturated heterocycles. The van der Waals surface area contributed by atoms with Crippen LogP contribution in [0.25, 0.3) is 0 Å². The molecule has 1 aliphatic carbocycles. The van der Waals surface area contributed by atoms with E-state index in [9.17, 15) is 4.79 Å². The summed E-state index contributed by atoms with van der Waals surface area (Å²) in [6.07, 6.45) is 4.20. The first-order chi connectivity index (χ1) is 10.1. The van der Waals surface area contributed by atoms with Crippen LogP contribution in [0.1, 0.15) is 46.5 Å². The molecule has 0 aliphatic heterocycles. The smallest absolute Gasteiger partial charge is 0.332 e. The van der Waals surface area contributed by atoms with E-state index in [0.717, 1.165) is 24.9 Å². The Balaban J connectivity index is 2.34. The third-order valence-electron chi connectivity index (χ3n) is 4.55. The fraction of sp³-hybridized carbons (Fsp3) is 0.611. The molecule has 0 heterocycles. The van der Waals surface area contributed by atoms with Crippen LogP contribution in [0.3, 0.4) is 0 Å². The summed E-state index contributed by atoms with van der Waals surface area (Å²) in [7, 11) is 0. The number of hydrogen-bond acceptors (Lipinski definition) is 3. The van der Waals surface area contributed by atoms with Crippen LogP contribution >= 0.6 is 0 Å². The zero-order chi connectivity index (χ0) is 15.3. The first kappa shape index (κ1) is 15.9. The molecule has 0 radical (unpaired) electrons. The van der Waals surface area contributed by atoms with Crippen LogP contribution in [-0.2, 0) is 9.53 Å². The molecule has 21 heavy (non-hydrogen) atoms. The van der Waals surface area contributed by atoms with Crippen LogP contribution in [0, 0.1) is 11.8 Å². The molecule has 0 amide bonds. The fourth-order valence-corrected chi connectivity index (χ4v) is 3.60. The number of carbonyl (C=O) groups excluding carboxylic acids is 1. The number of para-hydroxylation sites is 1. The first-order valence-corrected chi connectivity index (χ1v) is 8.10. The molecule has 1 aromatic carbocycles. The molecule has 2 rings (SSSR count). The van der Waals surface area contributed by atoms with Crippen molar-refractivity contribution in [2.24, 2.45) is 11.8 Å². The Morgan fingerprint density at radius 3 is 2.67 bits per heavy atom. The maximum absolute atomic E-state index is 12.8. The van der Waals surface area contributed by atoms with Gasteiger partial charge in [-0.05, 0) is 43.7 Å². The highest BCUT2D eigenvalue weighted by Gasteiger charge is 2.49. The van der Waals surface area contributed by atoms with Gasteiger partial charge in [0, 0.05) is 5.69 Å². The third-order valence-corrected chi connectivity index (χ3v) is 4.55. The average molecular weight is 289 g/mol. The van der Waals surface area contributed by atoms with E-state index in [1.807, 2.05) is 37.3 Å². The zero-order valence-corrected chi connectivity index (χ0v) is 13.4. The summed E-state index contributed by atoms with van der Waals surface area (Å²) < 4.78 is 5.44. The van der Waals surface area contributed by atoms with Gasteiger partial charge in [-0.1, -0.05) is 44.9 Å². The Labute approximate surface area is 128 Å². The van der Waals surface area contributed by atoms with E-state index in [-0.39, 0.29) is 5.97 Å². The molecular formula is C18H27NO2. The van der Waals surface area contributed by atoms with Crippen molar-refractivity contribution >= 4 is 11.7 Å². The largest absolute Gasteiger partial charge is 0.464 e. The van der Waals surface area contributed by atoms with Gasteiger partial charge in [-0.25, -0.2) is 4.79 Å². The first-order valence-electron chi connectivity index (χ1n) is 8.10. The maximum atomic E-state index is 12.8. The van der Waals surface area contributed by atoms with Gasteiger partial charge in [0.2, 0.25) is 0 Å². The second kappa shape index (κ2) is 6.97. The maximum Gasteiger partial charge on any atom is 0.332 e. The van der Waals surface area contributed by atoms with Crippen molar-refractivity contribution in [3.05, 3.63) is 30.3 Å². The lowest BCUT2D eigenvalue weighted by Gasteiger charge is -2.45. The van der Waals surface area contributed by atoms with Gasteiger partial charge in [0.05, 0.1) is 6.61 Å². The summed E-state index contributed by atoms with van der Waals surface area (Å²) in [5.41, 5.74) is 0.419. The van der Waals surface area contributed by atoms with Crippen molar-refractivity contribution in [3.63, 3.8) is 0 Å². The Kier molecular flexibility index (Phi) is 5.27. The summed E-state index contributed by atoms with van der Waals surface area (Å²) in [6.45, 7) is 6.72. The Morgan fingerprint density at radius 2 is 2.05 bits per heavy atom. The number of anilines is 1. The topological polar surface area (TPSA) is 38.3 Å². The molecule has 3 nitrogen and oxygen atoms in total. The summed E-state index contributed by atoms with van der Waals surface area (Å²) in [6, 6.07) is 10.0. The molecule has 3 heteroatoms. The van der Waals surface area contributed by atoms with Crippen LogP contribution in [0.5, 0.6) is 0 Å². The van der Waals surface area contributed by atoms with Crippen molar-refractivity contribution in [1.82, 2.24) is 0 Å². The molecule has 2 atom stereocenters. The summed E-state index contributed by atoms with van der Waals surface area (Å²) >= 11 is 0. The van der Waals surface area contributed by atoms with Crippen LogP contribution < -0.4 is 5.32 Å². The van der Waals surface area contributed by atoms with Crippen molar-refractivity contribution in [2.75, 3.05) is 11.9 Å². The van der Waals surface area contributed by atoms with Crippen LogP contribution in [-0.4, -0.2) is 18.1 Å². The highest BCUT2D eigenvalue weighted by molar-refractivity contribution is 5.85. The number of esters is 1. The van der Waals surface area contributed by atoms with Gasteiger partial charge in [-0.15, -0.1) is 0 Å². The zero-order valence-electron chi connectivity index (χ0n) is 13.4. The van der Waals surface area contributed by atoms with E-state index >= 15 is 0 Å². The summed E-state index contributed by atoms with van der Waals surface area (Å²) in [5.74, 6) is 0.670. The van der Waals surface area contributed by atoms with E-state index in [4.69, 9.17) is 4.74 Å². The lowest BCUT2D eigenvalue weighted by Crippen LogP contribution is -2.56. The van der Waals surface area contributed by atoms with Crippen molar-refractivity contribution in [1.29, 1.82) is 0 Å². The van der Waals surface area contributed by atoms with Gasteiger partial charge in [-0.3, -0.25) is 0 Å². The van der Waals surface area contributed by atoms with E-state index in [1.165, 1.54) is 6.42 Å². The lowest BCUT2D eigenvalue weighted by atomic mass is 9.67. The van der Waals surface area contributed by atoms with Gasteiger partial charge >= 0.3 is 5.97 Å². The molecule has 1 N–H and O–H groups in total. The Bertz CT molecular complexity index is 458. The highest BCUT2D eigenvalue weighted by atomic mass is 16.5. The predicted molar refractivity (Wildman–Crippen MR) is 86.2 cm³/mol. The minimum atomic E-state index is -0.580. The number of hydrogen-bond donors (Lipinski definition) is 1. The van der Waals surface area contributed by atoms with E-state index in [0.29, 0.717) is 18.4 Å². The van der Waals surface area contributed by atoms with Gasteiger partial charge in [-0.2, -0.15) is 0 Å². The molecule has 1 saturated carbocycles. The number of carbonyl (C=O) groups is 1. The van der Waals surface area contributed by atoms with Crippen LogP contribution in [0.2, 0.25) is 0 Å². The molecule has 2 unspecified atom stereocenters. The second-order valence-electron chi connectivity index (χ2n) is 6.28. The highest BCUT2D eigenvalue weighted by Crippen LogP contribution is 2.41. The monoisotopic (exact) mass is 289 g/mol.